The molecule has 0 radical (unpaired) electrons. The highest BCUT2D eigenvalue weighted by Crippen LogP contribution is 2.23. The molecule has 1 heterocycles. The van der Waals surface area contributed by atoms with E-state index in [1.807, 2.05) is 24.3 Å². The average molecular weight is 268 g/mol. The first-order valence-electron chi connectivity index (χ1n) is 6.88. The average Bonchev–Trinajstić information content (AvgIpc) is 2.50. The number of benzene rings is 1. The van der Waals surface area contributed by atoms with Crippen LogP contribution in [-0.2, 0) is 6.54 Å². The van der Waals surface area contributed by atoms with Crippen molar-refractivity contribution in [1.82, 2.24) is 10.3 Å². The largest absolute Gasteiger partial charge is 0.494 e. The minimum absolute atomic E-state index is 0.343. The lowest BCUT2D eigenvalue weighted by atomic mass is 10.1. The Kier molecular flexibility index (Phi) is 4.97. The predicted octanol–water partition coefficient (Wildman–Crippen LogP) is 3.13. The van der Waals surface area contributed by atoms with Gasteiger partial charge in [-0.2, -0.15) is 0 Å². The van der Waals surface area contributed by atoms with Crippen molar-refractivity contribution in [2.24, 2.45) is 0 Å². The lowest BCUT2D eigenvalue weighted by Gasteiger charge is -2.14. The summed E-state index contributed by atoms with van der Waals surface area (Å²) in [5.74, 6) is 3.51. The first-order valence-corrected chi connectivity index (χ1v) is 6.88. The van der Waals surface area contributed by atoms with Crippen molar-refractivity contribution in [3.05, 3.63) is 36.0 Å². The Morgan fingerprint density at radius 1 is 1.35 bits per heavy atom. The third-order valence-corrected chi connectivity index (χ3v) is 3.39. The van der Waals surface area contributed by atoms with E-state index in [1.165, 1.54) is 0 Å². The van der Waals surface area contributed by atoms with E-state index >= 15 is 0 Å². The highest BCUT2D eigenvalue weighted by molar-refractivity contribution is 5.84. The summed E-state index contributed by atoms with van der Waals surface area (Å²) >= 11 is 0. The number of pyridine rings is 1. The molecule has 3 heteroatoms. The van der Waals surface area contributed by atoms with E-state index in [9.17, 15) is 0 Å². The molecule has 0 aliphatic rings. The van der Waals surface area contributed by atoms with E-state index in [0.717, 1.165) is 35.2 Å². The van der Waals surface area contributed by atoms with Crippen LogP contribution in [0.3, 0.4) is 0 Å². The summed E-state index contributed by atoms with van der Waals surface area (Å²) in [5, 5.41) is 4.53. The van der Waals surface area contributed by atoms with Crippen LogP contribution in [0.5, 0.6) is 5.75 Å². The van der Waals surface area contributed by atoms with Crippen LogP contribution in [0, 0.1) is 12.3 Å². The van der Waals surface area contributed by atoms with Crippen LogP contribution in [0.1, 0.15) is 25.5 Å². The van der Waals surface area contributed by atoms with Crippen LogP contribution in [0.4, 0.5) is 0 Å². The van der Waals surface area contributed by atoms with Crippen molar-refractivity contribution in [2.75, 3.05) is 7.11 Å². The van der Waals surface area contributed by atoms with Crippen molar-refractivity contribution in [3.8, 4) is 18.1 Å². The Bertz CT molecular complexity index is 616. The number of ether oxygens (including phenoxy) is 1. The molecule has 0 fully saturated rings. The van der Waals surface area contributed by atoms with Gasteiger partial charge in [-0.3, -0.25) is 0 Å². The second-order valence-corrected chi connectivity index (χ2v) is 4.73. The van der Waals surface area contributed by atoms with Crippen LogP contribution in [0.15, 0.2) is 30.3 Å². The molecule has 2 rings (SSSR count). The van der Waals surface area contributed by atoms with Gasteiger partial charge in [0.25, 0.3) is 0 Å². The number of nitrogens with one attached hydrogen (secondary N) is 1. The molecule has 2 aromatic rings. The molecule has 1 unspecified atom stereocenters. The standard InChI is InChI=1S/C17H20N2O/c1-4-7-14(5-2)18-12-15-11-10-13-8-6-9-16(20-3)17(13)19-15/h1,6,8-11,14,18H,5,7,12H2,2-3H3. The maximum absolute atomic E-state index is 5.36. The molecule has 1 atom stereocenters. The topological polar surface area (TPSA) is 34.1 Å². The number of terminal acetylenes is 1. The Balaban J connectivity index is 2.17. The van der Waals surface area contributed by atoms with Gasteiger partial charge in [-0.1, -0.05) is 25.1 Å². The minimum atomic E-state index is 0.343. The molecule has 0 aliphatic heterocycles. The van der Waals surface area contributed by atoms with Gasteiger partial charge in [0.1, 0.15) is 11.3 Å². The van der Waals surface area contributed by atoms with Gasteiger partial charge in [-0.05, 0) is 18.6 Å². The molecule has 1 aromatic carbocycles. The summed E-state index contributed by atoms with van der Waals surface area (Å²) in [5.41, 5.74) is 1.90. The fourth-order valence-corrected chi connectivity index (χ4v) is 2.18. The zero-order chi connectivity index (χ0) is 14.4. The number of hydrogen-bond donors (Lipinski definition) is 1. The number of methoxy groups -OCH3 is 1. The van der Waals surface area contributed by atoms with Crippen LogP contribution in [-0.4, -0.2) is 18.1 Å². The molecular formula is C17H20N2O. The Morgan fingerprint density at radius 2 is 2.20 bits per heavy atom. The van der Waals surface area contributed by atoms with Crippen molar-refractivity contribution < 1.29 is 4.74 Å². The number of nitrogens with zero attached hydrogens (tertiary/aromatic N) is 1. The van der Waals surface area contributed by atoms with Crippen LogP contribution >= 0.6 is 0 Å². The second kappa shape index (κ2) is 6.93. The maximum Gasteiger partial charge on any atom is 0.145 e. The third kappa shape index (κ3) is 3.28. The highest BCUT2D eigenvalue weighted by atomic mass is 16.5. The molecule has 1 aromatic heterocycles. The van der Waals surface area contributed by atoms with Crippen molar-refractivity contribution in [2.45, 2.75) is 32.4 Å². The van der Waals surface area contributed by atoms with E-state index < -0.39 is 0 Å². The Hall–Kier alpha value is -2.05. The summed E-state index contributed by atoms with van der Waals surface area (Å²) in [6, 6.07) is 10.4. The van der Waals surface area contributed by atoms with Gasteiger partial charge >= 0.3 is 0 Å². The van der Waals surface area contributed by atoms with Gasteiger partial charge < -0.3 is 10.1 Å². The minimum Gasteiger partial charge on any atom is -0.494 e. The lowest BCUT2D eigenvalue weighted by Crippen LogP contribution is -2.27. The molecule has 3 nitrogen and oxygen atoms in total. The summed E-state index contributed by atoms with van der Waals surface area (Å²) < 4.78 is 5.36. The van der Waals surface area contributed by atoms with Crippen LogP contribution in [0.2, 0.25) is 0 Å². The SMILES string of the molecule is C#CCC(CC)NCc1ccc2cccc(OC)c2n1. The molecule has 0 saturated heterocycles. The second-order valence-electron chi connectivity index (χ2n) is 4.73. The van der Waals surface area contributed by atoms with E-state index in [2.05, 4.69) is 29.2 Å². The van der Waals surface area contributed by atoms with E-state index in [-0.39, 0.29) is 0 Å². The predicted molar refractivity (Wildman–Crippen MR) is 82.7 cm³/mol. The number of aromatic nitrogens is 1. The number of rotatable bonds is 6. The zero-order valence-corrected chi connectivity index (χ0v) is 12.0. The zero-order valence-electron chi connectivity index (χ0n) is 12.0. The first kappa shape index (κ1) is 14.4. The molecule has 1 N–H and O–H groups in total. The quantitative estimate of drug-likeness (QED) is 0.817. The normalized spacial score (nSPS) is 12.1. The summed E-state index contributed by atoms with van der Waals surface area (Å²) in [6.45, 7) is 2.85. The van der Waals surface area contributed by atoms with Crippen molar-refractivity contribution >= 4 is 10.9 Å². The fraction of sp³-hybridized carbons (Fsp3) is 0.353. The van der Waals surface area contributed by atoms with E-state index in [0.29, 0.717) is 12.6 Å². The highest BCUT2D eigenvalue weighted by Gasteiger charge is 2.07. The van der Waals surface area contributed by atoms with Gasteiger partial charge in [-0.25, -0.2) is 4.98 Å². The smallest absolute Gasteiger partial charge is 0.145 e. The fourth-order valence-electron chi connectivity index (χ4n) is 2.18. The van der Waals surface area contributed by atoms with E-state index in [4.69, 9.17) is 11.2 Å². The van der Waals surface area contributed by atoms with Crippen LogP contribution < -0.4 is 10.1 Å². The number of hydrogen-bond acceptors (Lipinski definition) is 3. The Morgan fingerprint density at radius 3 is 2.90 bits per heavy atom. The van der Waals surface area contributed by atoms with Gasteiger partial charge in [0.05, 0.1) is 12.8 Å². The Labute approximate surface area is 120 Å². The van der Waals surface area contributed by atoms with E-state index in [1.54, 1.807) is 7.11 Å². The molecular weight excluding hydrogens is 248 g/mol. The van der Waals surface area contributed by atoms with Gasteiger partial charge in [0.2, 0.25) is 0 Å². The number of fused-ring (bicyclic) bond motifs is 1. The molecule has 0 spiro atoms. The molecule has 0 amide bonds. The van der Waals surface area contributed by atoms with Crippen molar-refractivity contribution in [3.63, 3.8) is 0 Å². The molecule has 0 aliphatic carbocycles. The van der Waals surface area contributed by atoms with Gasteiger partial charge in [0.15, 0.2) is 0 Å². The monoisotopic (exact) mass is 268 g/mol. The molecule has 0 bridgehead atoms. The lowest BCUT2D eigenvalue weighted by molar-refractivity contribution is 0.418. The molecule has 104 valence electrons. The van der Waals surface area contributed by atoms with Crippen LogP contribution in [0.25, 0.3) is 10.9 Å². The van der Waals surface area contributed by atoms with Crippen molar-refractivity contribution in [1.29, 1.82) is 0 Å². The maximum atomic E-state index is 5.36. The first-order chi connectivity index (χ1) is 9.78. The van der Waals surface area contributed by atoms with Gasteiger partial charge in [-0.15, -0.1) is 12.3 Å². The van der Waals surface area contributed by atoms with Gasteiger partial charge in [0, 0.05) is 24.4 Å². The number of para-hydroxylation sites is 1. The third-order valence-electron chi connectivity index (χ3n) is 3.39. The molecule has 20 heavy (non-hydrogen) atoms. The molecule has 0 saturated carbocycles. The summed E-state index contributed by atoms with van der Waals surface area (Å²) in [7, 11) is 1.67. The summed E-state index contributed by atoms with van der Waals surface area (Å²) in [4.78, 5) is 4.67. The summed E-state index contributed by atoms with van der Waals surface area (Å²) in [6.07, 6.45) is 7.12.